The Hall–Kier alpha value is -2.32. The topological polar surface area (TPSA) is 80.3 Å². The van der Waals surface area contributed by atoms with Gasteiger partial charge in [0, 0.05) is 38.5 Å². The first kappa shape index (κ1) is 20.0. The van der Waals surface area contributed by atoms with Crippen LogP contribution < -0.4 is 5.32 Å². The first-order chi connectivity index (χ1) is 14.2. The van der Waals surface area contributed by atoms with Crippen LogP contribution in [0.15, 0.2) is 24.3 Å². The number of carbonyl (C=O) groups is 2. The standard InChI is InChI=1S/C21H29N3O5/c25-20(24(14-18-3-1-10-27-18)15-19-4-2-11-28-19)22-17-7-5-16(6-8-17)13-23-9-12-29-21(23)26/h5-8,18-19H,1-4,9-15H2,(H,22,25). The van der Waals surface area contributed by atoms with E-state index in [2.05, 4.69) is 5.32 Å². The van der Waals surface area contributed by atoms with E-state index in [-0.39, 0.29) is 24.3 Å². The van der Waals surface area contributed by atoms with Gasteiger partial charge in [-0.15, -0.1) is 0 Å². The molecule has 3 aliphatic heterocycles. The van der Waals surface area contributed by atoms with Crippen molar-refractivity contribution in [2.24, 2.45) is 0 Å². The largest absolute Gasteiger partial charge is 0.448 e. The third kappa shape index (κ3) is 5.39. The van der Waals surface area contributed by atoms with E-state index in [1.54, 1.807) is 4.90 Å². The van der Waals surface area contributed by atoms with Crippen molar-refractivity contribution in [1.82, 2.24) is 9.80 Å². The molecule has 0 aromatic heterocycles. The van der Waals surface area contributed by atoms with E-state index in [4.69, 9.17) is 14.2 Å². The molecule has 158 valence electrons. The molecule has 8 nitrogen and oxygen atoms in total. The van der Waals surface area contributed by atoms with Gasteiger partial charge in [0.05, 0.1) is 18.8 Å². The SMILES string of the molecule is O=C(Nc1ccc(CN2CCOC2=O)cc1)N(CC1CCCO1)CC1CCCO1. The second-order valence-electron chi connectivity index (χ2n) is 7.84. The van der Waals surface area contributed by atoms with E-state index in [1.807, 2.05) is 29.2 Å². The van der Waals surface area contributed by atoms with Crippen LogP contribution in [0.4, 0.5) is 15.3 Å². The number of urea groups is 1. The molecule has 3 heterocycles. The average Bonchev–Trinajstić information content (AvgIpc) is 3.48. The molecule has 0 saturated carbocycles. The lowest BCUT2D eigenvalue weighted by Crippen LogP contribution is -2.44. The number of cyclic esters (lactones) is 1. The maximum absolute atomic E-state index is 12.9. The summed E-state index contributed by atoms with van der Waals surface area (Å²) in [4.78, 5) is 28.0. The van der Waals surface area contributed by atoms with Crippen LogP contribution in [-0.4, -0.2) is 73.6 Å². The summed E-state index contributed by atoms with van der Waals surface area (Å²) in [6.45, 7) is 4.27. The van der Waals surface area contributed by atoms with Crippen molar-refractivity contribution < 1.29 is 23.8 Å². The van der Waals surface area contributed by atoms with Crippen LogP contribution in [0.3, 0.4) is 0 Å². The second-order valence-corrected chi connectivity index (χ2v) is 7.84. The summed E-state index contributed by atoms with van der Waals surface area (Å²) in [6.07, 6.45) is 4.00. The van der Waals surface area contributed by atoms with Crippen molar-refractivity contribution in [3.8, 4) is 0 Å². The Morgan fingerprint density at radius 3 is 2.21 bits per heavy atom. The molecular weight excluding hydrogens is 374 g/mol. The van der Waals surface area contributed by atoms with Crippen LogP contribution in [0.5, 0.6) is 0 Å². The van der Waals surface area contributed by atoms with Gasteiger partial charge in [0.1, 0.15) is 6.61 Å². The fourth-order valence-corrected chi connectivity index (χ4v) is 3.99. The molecule has 3 saturated heterocycles. The smallest absolute Gasteiger partial charge is 0.410 e. The fraction of sp³-hybridized carbons (Fsp3) is 0.619. The Labute approximate surface area is 171 Å². The minimum absolute atomic E-state index is 0.102. The zero-order chi connectivity index (χ0) is 20.1. The van der Waals surface area contributed by atoms with Crippen LogP contribution in [0.1, 0.15) is 31.2 Å². The Bertz CT molecular complexity index is 681. The molecule has 2 unspecified atom stereocenters. The molecule has 0 bridgehead atoms. The summed E-state index contributed by atoms with van der Waals surface area (Å²) in [6, 6.07) is 7.44. The Balaban J connectivity index is 1.34. The predicted molar refractivity (Wildman–Crippen MR) is 107 cm³/mol. The number of nitrogens with zero attached hydrogens (tertiary/aromatic N) is 2. The number of hydrogen-bond donors (Lipinski definition) is 1. The van der Waals surface area contributed by atoms with Gasteiger partial charge in [-0.2, -0.15) is 0 Å². The molecule has 1 aromatic carbocycles. The highest BCUT2D eigenvalue weighted by Gasteiger charge is 2.27. The van der Waals surface area contributed by atoms with Gasteiger partial charge in [-0.05, 0) is 43.4 Å². The highest BCUT2D eigenvalue weighted by atomic mass is 16.6. The normalized spacial score (nSPS) is 24.0. The molecule has 1 N–H and O–H groups in total. The lowest BCUT2D eigenvalue weighted by Gasteiger charge is -2.28. The quantitative estimate of drug-likeness (QED) is 0.757. The van der Waals surface area contributed by atoms with Crippen LogP contribution >= 0.6 is 0 Å². The molecule has 0 spiro atoms. The molecule has 8 heteroatoms. The number of ether oxygens (including phenoxy) is 3. The van der Waals surface area contributed by atoms with Gasteiger partial charge in [-0.25, -0.2) is 9.59 Å². The number of amides is 3. The van der Waals surface area contributed by atoms with Crippen LogP contribution in [0.2, 0.25) is 0 Å². The maximum Gasteiger partial charge on any atom is 0.410 e. The third-order valence-corrected chi connectivity index (χ3v) is 5.61. The lowest BCUT2D eigenvalue weighted by molar-refractivity contribution is 0.0524. The number of benzene rings is 1. The van der Waals surface area contributed by atoms with Gasteiger partial charge in [-0.3, -0.25) is 0 Å². The summed E-state index contributed by atoms with van der Waals surface area (Å²) >= 11 is 0. The summed E-state index contributed by atoms with van der Waals surface area (Å²) in [5, 5.41) is 2.99. The second kappa shape index (κ2) is 9.45. The van der Waals surface area contributed by atoms with Gasteiger partial charge < -0.3 is 29.3 Å². The number of hydrogen-bond acceptors (Lipinski definition) is 5. The van der Waals surface area contributed by atoms with E-state index in [9.17, 15) is 9.59 Å². The monoisotopic (exact) mass is 403 g/mol. The van der Waals surface area contributed by atoms with Crippen molar-refractivity contribution in [2.45, 2.75) is 44.4 Å². The Morgan fingerprint density at radius 2 is 1.69 bits per heavy atom. The molecule has 29 heavy (non-hydrogen) atoms. The molecule has 3 amide bonds. The Morgan fingerprint density at radius 1 is 1.03 bits per heavy atom. The number of rotatable bonds is 7. The van der Waals surface area contributed by atoms with E-state index in [1.165, 1.54) is 0 Å². The highest BCUT2D eigenvalue weighted by Crippen LogP contribution is 2.19. The minimum atomic E-state index is -0.277. The van der Waals surface area contributed by atoms with Crippen LogP contribution in [0.25, 0.3) is 0 Å². The van der Waals surface area contributed by atoms with Crippen molar-refractivity contribution in [3.05, 3.63) is 29.8 Å². The molecule has 3 fully saturated rings. The molecule has 4 rings (SSSR count). The molecular formula is C21H29N3O5. The summed E-state index contributed by atoms with van der Waals surface area (Å²) in [5.41, 5.74) is 1.73. The van der Waals surface area contributed by atoms with E-state index in [0.717, 1.165) is 50.1 Å². The van der Waals surface area contributed by atoms with E-state index < -0.39 is 0 Å². The molecule has 1 aromatic rings. The molecule has 3 aliphatic rings. The summed E-state index contributed by atoms with van der Waals surface area (Å²) < 4.78 is 16.4. The van der Waals surface area contributed by atoms with Gasteiger partial charge in [0.2, 0.25) is 0 Å². The van der Waals surface area contributed by atoms with Gasteiger partial charge in [0.15, 0.2) is 0 Å². The zero-order valence-corrected chi connectivity index (χ0v) is 16.7. The first-order valence-electron chi connectivity index (χ1n) is 10.5. The fourth-order valence-electron chi connectivity index (χ4n) is 3.99. The molecule has 0 radical (unpaired) electrons. The van der Waals surface area contributed by atoms with Gasteiger partial charge in [-0.1, -0.05) is 12.1 Å². The zero-order valence-electron chi connectivity index (χ0n) is 16.7. The maximum atomic E-state index is 12.9. The van der Waals surface area contributed by atoms with Crippen molar-refractivity contribution >= 4 is 17.8 Å². The van der Waals surface area contributed by atoms with E-state index in [0.29, 0.717) is 32.8 Å². The van der Waals surface area contributed by atoms with E-state index >= 15 is 0 Å². The third-order valence-electron chi connectivity index (χ3n) is 5.61. The van der Waals surface area contributed by atoms with Crippen LogP contribution in [0, 0.1) is 0 Å². The number of carbonyl (C=O) groups excluding carboxylic acids is 2. The molecule has 0 aliphatic carbocycles. The summed E-state index contributed by atoms with van der Waals surface area (Å²) in [7, 11) is 0. The van der Waals surface area contributed by atoms with Crippen molar-refractivity contribution in [1.29, 1.82) is 0 Å². The summed E-state index contributed by atoms with van der Waals surface area (Å²) in [5.74, 6) is 0. The first-order valence-corrected chi connectivity index (χ1v) is 10.5. The molecule has 2 atom stereocenters. The minimum Gasteiger partial charge on any atom is -0.448 e. The number of anilines is 1. The van der Waals surface area contributed by atoms with Crippen LogP contribution in [-0.2, 0) is 20.8 Å². The Kier molecular flexibility index (Phi) is 6.51. The lowest BCUT2D eigenvalue weighted by atomic mass is 10.2. The predicted octanol–water partition coefficient (Wildman–Crippen LogP) is 2.83. The van der Waals surface area contributed by atoms with Gasteiger partial charge in [0.25, 0.3) is 0 Å². The average molecular weight is 403 g/mol. The van der Waals surface area contributed by atoms with Gasteiger partial charge >= 0.3 is 12.1 Å². The van der Waals surface area contributed by atoms with Crippen molar-refractivity contribution in [2.75, 3.05) is 44.8 Å². The van der Waals surface area contributed by atoms with Crippen molar-refractivity contribution in [3.63, 3.8) is 0 Å². The number of nitrogens with one attached hydrogen (secondary N) is 1. The highest BCUT2D eigenvalue weighted by molar-refractivity contribution is 5.89.